The highest BCUT2D eigenvalue weighted by atomic mass is 16.5. The maximum absolute atomic E-state index is 12.9. The van der Waals surface area contributed by atoms with E-state index in [4.69, 9.17) is 9.47 Å². The van der Waals surface area contributed by atoms with E-state index >= 15 is 0 Å². The molecule has 1 aromatic carbocycles. The van der Waals surface area contributed by atoms with Gasteiger partial charge in [0.25, 0.3) is 0 Å². The van der Waals surface area contributed by atoms with E-state index in [1.54, 1.807) is 12.1 Å². The molecule has 1 aromatic rings. The van der Waals surface area contributed by atoms with E-state index in [-0.39, 0.29) is 6.03 Å². The van der Waals surface area contributed by atoms with E-state index in [0.717, 1.165) is 64.3 Å². The van der Waals surface area contributed by atoms with Crippen LogP contribution in [0, 0.1) is 5.92 Å². The van der Waals surface area contributed by atoms with Gasteiger partial charge in [-0.25, -0.2) is 9.59 Å². The van der Waals surface area contributed by atoms with Crippen LogP contribution in [-0.4, -0.2) is 76.0 Å². The highest BCUT2D eigenvalue weighted by Crippen LogP contribution is 2.30. The summed E-state index contributed by atoms with van der Waals surface area (Å²) in [5, 5.41) is 6.08. The van der Waals surface area contributed by atoms with Crippen molar-refractivity contribution in [2.75, 3.05) is 63.3 Å². The van der Waals surface area contributed by atoms with Gasteiger partial charge in [-0.05, 0) is 63.4 Å². The van der Waals surface area contributed by atoms with Crippen molar-refractivity contribution in [3.05, 3.63) is 23.8 Å². The number of nitrogens with one attached hydrogen (secondary N) is 2. The number of urea groups is 1. The van der Waals surface area contributed by atoms with E-state index in [1.807, 2.05) is 6.07 Å². The monoisotopic (exact) mass is 430 g/mol. The van der Waals surface area contributed by atoms with Gasteiger partial charge in [0.05, 0.1) is 30.7 Å². The highest BCUT2D eigenvalue weighted by Gasteiger charge is 2.32. The first-order valence-electron chi connectivity index (χ1n) is 11.5. The van der Waals surface area contributed by atoms with Crippen molar-refractivity contribution >= 4 is 23.4 Å². The Bertz CT molecular complexity index is 753. The van der Waals surface area contributed by atoms with Gasteiger partial charge in [-0.2, -0.15) is 0 Å². The zero-order chi connectivity index (χ0) is 21.6. The van der Waals surface area contributed by atoms with Gasteiger partial charge in [0, 0.05) is 38.2 Å². The molecule has 3 heterocycles. The third-order valence-electron chi connectivity index (χ3n) is 6.70. The number of benzene rings is 1. The molecule has 0 saturated carbocycles. The van der Waals surface area contributed by atoms with Gasteiger partial charge in [0.1, 0.15) is 0 Å². The summed E-state index contributed by atoms with van der Waals surface area (Å²) in [6.45, 7) is 6.25. The second-order valence-electron chi connectivity index (χ2n) is 8.69. The minimum absolute atomic E-state index is 0.245. The predicted molar refractivity (Wildman–Crippen MR) is 120 cm³/mol. The lowest BCUT2D eigenvalue weighted by molar-refractivity contribution is 0.0600. The Hall–Kier alpha value is -2.32. The van der Waals surface area contributed by atoms with Gasteiger partial charge < -0.3 is 25.0 Å². The fraction of sp³-hybridized carbons (Fsp3) is 0.652. The number of hydrogen-bond acceptors (Lipinski definition) is 6. The number of carbonyl (C=O) groups is 2. The Morgan fingerprint density at radius 1 is 1.16 bits per heavy atom. The molecule has 0 aliphatic carbocycles. The molecule has 0 bridgehead atoms. The number of rotatable bonds is 7. The first-order valence-corrected chi connectivity index (χ1v) is 11.5. The summed E-state index contributed by atoms with van der Waals surface area (Å²) in [5.41, 5.74) is 2.02. The number of carbonyl (C=O) groups excluding carboxylic acids is 2. The van der Waals surface area contributed by atoms with Crippen LogP contribution in [0.1, 0.15) is 42.5 Å². The first kappa shape index (κ1) is 21.9. The number of ether oxygens (including phenoxy) is 2. The summed E-state index contributed by atoms with van der Waals surface area (Å²) in [4.78, 5) is 29.6. The van der Waals surface area contributed by atoms with E-state index in [1.165, 1.54) is 20.0 Å². The molecule has 3 saturated heterocycles. The molecule has 2 atom stereocenters. The molecule has 8 nitrogen and oxygen atoms in total. The normalized spacial score (nSPS) is 22.5. The molecule has 170 valence electrons. The van der Waals surface area contributed by atoms with Crippen molar-refractivity contribution in [3.63, 3.8) is 0 Å². The van der Waals surface area contributed by atoms with Gasteiger partial charge in [-0.3, -0.25) is 4.90 Å². The number of hydrogen-bond donors (Lipinski definition) is 2. The predicted octanol–water partition coefficient (Wildman–Crippen LogP) is 2.70. The first-order chi connectivity index (χ1) is 15.2. The van der Waals surface area contributed by atoms with Crippen molar-refractivity contribution in [2.24, 2.45) is 5.92 Å². The van der Waals surface area contributed by atoms with E-state index in [2.05, 4.69) is 20.4 Å². The third-order valence-corrected chi connectivity index (χ3v) is 6.70. The lowest BCUT2D eigenvalue weighted by Gasteiger charge is -2.32. The molecule has 3 aliphatic heterocycles. The molecule has 0 radical (unpaired) electrons. The van der Waals surface area contributed by atoms with Crippen LogP contribution in [0.5, 0.6) is 0 Å². The van der Waals surface area contributed by atoms with Gasteiger partial charge in [-0.1, -0.05) is 0 Å². The van der Waals surface area contributed by atoms with Gasteiger partial charge in [0.2, 0.25) is 0 Å². The lowest BCUT2D eigenvalue weighted by Crippen LogP contribution is -2.48. The van der Waals surface area contributed by atoms with Crippen LogP contribution in [-0.2, 0) is 9.47 Å². The summed E-state index contributed by atoms with van der Waals surface area (Å²) in [6, 6.07) is 5.42. The van der Waals surface area contributed by atoms with E-state index in [0.29, 0.717) is 29.8 Å². The number of anilines is 2. The Balaban J connectivity index is 1.44. The second kappa shape index (κ2) is 10.3. The summed E-state index contributed by atoms with van der Waals surface area (Å²) >= 11 is 0. The number of amides is 2. The summed E-state index contributed by atoms with van der Waals surface area (Å²) in [7, 11) is 1.36. The van der Waals surface area contributed by atoms with Crippen LogP contribution in [0.2, 0.25) is 0 Å². The smallest absolute Gasteiger partial charge is 0.337 e. The molecular formula is C23H34N4O4. The lowest BCUT2D eigenvalue weighted by atomic mass is 9.97. The average molecular weight is 431 g/mol. The maximum Gasteiger partial charge on any atom is 0.337 e. The molecule has 8 heteroatoms. The molecule has 2 amide bonds. The molecule has 3 fully saturated rings. The van der Waals surface area contributed by atoms with Gasteiger partial charge >= 0.3 is 12.0 Å². The summed E-state index contributed by atoms with van der Waals surface area (Å²) in [6.07, 6.45) is 5.74. The Morgan fingerprint density at radius 3 is 2.58 bits per heavy atom. The molecule has 2 N–H and O–H groups in total. The van der Waals surface area contributed by atoms with Crippen LogP contribution in [0.25, 0.3) is 0 Å². The van der Waals surface area contributed by atoms with E-state index < -0.39 is 5.97 Å². The van der Waals surface area contributed by atoms with Crippen LogP contribution < -0.4 is 15.5 Å². The Morgan fingerprint density at radius 2 is 1.90 bits per heavy atom. The summed E-state index contributed by atoms with van der Waals surface area (Å²) < 4.78 is 10.5. The van der Waals surface area contributed by atoms with Crippen molar-refractivity contribution in [3.8, 4) is 0 Å². The number of likely N-dealkylation sites (tertiary alicyclic amines) is 1. The fourth-order valence-corrected chi connectivity index (χ4v) is 5.00. The summed E-state index contributed by atoms with van der Waals surface area (Å²) in [5.74, 6) is 0.0491. The molecule has 0 spiro atoms. The number of nitrogens with zero attached hydrogens (tertiary/aromatic N) is 2. The largest absolute Gasteiger partial charge is 0.465 e. The van der Waals surface area contributed by atoms with Gasteiger partial charge in [0.15, 0.2) is 0 Å². The van der Waals surface area contributed by atoms with E-state index in [9.17, 15) is 9.59 Å². The van der Waals surface area contributed by atoms with Crippen LogP contribution in [0.15, 0.2) is 18.2 Å². The highest BCUT2D eigenvalue weighted by molar-refractivity contribution is 5.97. The standard InChI is InChI=1S/C23H34N4O4/c1-30-22(28)17-6-7-20(26-9-2-3-10-26)19(14-17)25-23(29)24-15-21(18-8-13-31-16-18)27-11-4-5-12-27/h6-7,14,18,21H,2-5,8-13,15-16H2,1H3,(H2,24,25,29)/t18-,21-/m0/s1. The van der Waals surface area contributed by atoms with Crippen LogP contribution >= 0.6 is 0 Å². The van der Waals surface area contributed by atoms with Crippen molar-refractivity contribution < 1.29 is 19.1 Å². The Kier molecular flexibility index (Phi) is 7.29. The fourth-order valence-electron chi connectivity index (χ4n) is 5.00. The van der Waals surface area contributed by atoms with Crippen molar-refractivity contribution in [2.45, 2.75) is 38.1 Å². The minimum atomic E-state index is -0.410. The number of esters is 1. The van der Waals surface area contributed by atoms with Crippen LogP contribution in [0.4, 0.5) is 16.2 Å². The SMILES string of the molecule is COC(=O)c1ccc(N2CCCC2)c(NC(=O)NC[C@@H]([C@H]2CCOC2)N2CCCC2)c1. The molecule has 4 rings (SSSR count). The molecule has 31 heavy (non-hydrogen) atoms. The zero-order valence-electron chi connectivity index (χ0n) is 18.4. The van der Waals surface area contributed by atoms with Gasteiger partial charge in [-0.15, -0.1) is 0 Å². The zero-order valence-corrected chi connectivity index (χ0v) is 18.4. The average Bonchev–Trinajstić information content (AvgIpc) is 3.57. The Labute approximate surface area is 184 Å². The quantitative estimate of drug-likeness (QED) is 0.647. The van der Waals surface area contributed by atoms with Crippen LogP contribution in [0.3, 0.4) is 0 Å². The topological polar surface area (TPSA) is 83.1 Å². The van der Waals surface area contributed by atoms with Crippen molar-refractivity contribution in [1.82, 2.24) is 10.2 Å². The maximum atomic E-state index is 12.9. The molecule has 0 aromatic heterocycles. The minimum Gasteiger partial charge on any atom is -0.465 e. The third kappa shape index (κ3) is 5.30. The molecular weight excluding hydrogens is 396 g/mol. The molecule has 0 unspecified atom stereocenters. The molecule has 3 aliphatic rings. The van der Waals surface area contributed by atoms with Crippen molar-refractivity contribution in [1.29, 1.82) is 0 Å². The number of methoxy groups -OCH3 is 1. The second-order valence-corrected chi connectivity index (χ2v) is 8.69.